The van der Waals surface area contributed by atoms with Crippen LogP contribution in [-0.4, -0.2) is 67.6 Å². The first kappa shape index (κ1) is 23.9. The van der Waals surface area contributed by atoms with Gasteiger partial charge < -0.3 is 24.8 Å². The topological polar surface area (TPSA) is 88.1 Å². The second-order valence-corrected chi connectivity index (χ2v) is 6.61. The molecule has 0 bridgehead atoms. The number of amides is 1. The molecule has 0 aromatic carbocycles. The molecule has 0 fully saturated rings. The van der Waals surface area contributed by atoms with Crippen LogP contribution < -0.4 is 5.32 Å². The van der Waals surface area contributed by atoms with Crippen molar-refractivity contribution in [1.82, 2.24) is 10.2 Å². The van der Waals surface area contributed by atoms with E-state index in [2.05, 4.69) is 38.0 Å². The molecule has 1 amide bonds. The summed E-state index contributed by atoms with van der Waals surface area (Å²) in [4.78, 5) is 22.0. The Bertz CT molecular complexity index is 316. The number of hydrogen-bond donors (Lipinski definition) is 2. The number of nitrogens with one attached hydrogen (secondary N) is 1. The van der Waals surface area contributed by atoms with Crippen molar-refractivity contribution in [1.29, 1.82) is 0 Å². The van der Waals surface area contributed by atoms with Gasteiger partial charge in [0.15, 0.2) is 0 Å². The van der Waals surface area contributed by atoms with E-state index in [-0.39, 0.29) is 6.47 Å². The lowest BCUT2D eigenvalue weighted by molar-refractivity contribution is -0.122. The first-order valence-corrected chi connectivity index (χ1v) is 7.87. The van der Waals surface area contributed by atoms with Crippen molar-refractivity contribution in [2.45, 2.75) is 53.2 Å². The highest BCUT2D eigenvalue weighted by atomic mass is 16.6. The second-order valence-electron chi connectivity index (χ2n) is 6.61. The molecule has 1 unspecified atom stereocenters. The van der Waals surface area contributed by atoms with Crippen LogP contribution in [0.25, 0.3) is 0 Å². The van der Waals surface area contributed by atoms with Gasteiger partial charge in [-0.3, -0.25) is 4.79 Å². The Hall–Kier alpha value is -1.34. The highest BCUT2D eigenvalue weighted by molar-refractivity contribution is 5.67. The fourth-order valence-corrected chi connectivity index (χ4v) is 1.56. The average Bonchev–Trinajstić information content (AvgIpc) is 2.40. The zero-order valence-electron chi connectivity index (χ0n) is 15.6. The van der Waals surface area contributed by atoms with Crippen LogP contribution in [0, 0.1) is 5.92 Å². The van der Waals surface area contributed by atoms with E-state index in [1.165, 1.54) is 0 Å². The highest BCUT2D eigenvalue weighted by Crippen LogP contribution is 2.07. The smallest absolute Gasteiger partial charge is 0.407 e. The van der Waals surface area contributed by atoms with Gasteiger partial charge in [-0.1, -0.05) is 13.8 Å². The maximum absolute atomic E-state index is 11.4. The van der Waals surface area contributed by atoms with Gasteiger partial charge in [0.2, 0.25) is 0 Å². The van der Waals surface area contributed by atoms with Crippen LogP contribution in [-0.2, 0) is 14.3 Å². The number of ether oxygens (including phenoxy) is 2. The van der Waals surface area contributed by atoms with E-state index in [1.54, 1.807) is 0 Å². The first-order valence-electron chi connectivity index (χ1n) is 7.87. The van der Waals surface area contributed by atoms with Crippen molar-refractivity contribution in [2.24, 2.45) is 5.92 Å². The van der Waals surface area contributed by atoms with Gasteiger partial charge in [-0.15, -0.1) is 0 Å². The Balaban J connectivity index is 0. The van der Waals surface area contributed by atoms with E-state index in [0.717, 1.165) is 6.54 Å². The van der Waals surface area contributed by atoms with E-state index in [0.29, 0.717) is 31.7 Å². The molecule has 0 aliphatic heterocycles. The minimum absolute atomic E-state index is 0.250. The van der Waals surface area contributed by atoms with Crippen molar-refractivity contribution in [3.63, 3.8) is 0 Å². The summed E-state index contributed by atoms with van der Waals surface area (Å²) < 4.78 is 10.6. The summed E-state index contributed by atoms with van der Waals surface area (Å²) in [6.07, 6.45) is -0.397. The molecular weight excluding hydrogens is 300 g/mol. The van der Waals surface area contributed by atoms with E-state index in [1.807, 2.05) is 20.8 Å². The zero-order chi connectivity index (χ0) is 18.5. The third kappa shape index (κ3) is 16.9. The average molecular weight is 334 g/mol. The van der Waals surface area contributed by atoms with Gasteiger partial charge in [0.25, 0.3) is 6.47 Å². The largest absolute Gasteiger partial charge is 0.483 e. The standard InChI is InChI=1S/C15H32N2O3.CH2O2/c1-12(2)13(3)17(7)9-11-19-10-8-16-14(18)20-15(4,5)6;2-1-3/h12-13H,8-11H2,1-7H3,(H,16,18);1H,(H,2,3). The van der Waals surface area contributed by atoms with Gasteiger partial charge >= 0.3 is 6.09 Å². The molecule has 7 nitrogen and oxygen atoms in total. The maximum Gasteiger partial charge on any atom is 0.407 e. The molecule has 2 N–H and O–H groups in total. The fourth-order valence-electron chi connectivity index (χ4n) is 1.56. The third-order valence-corrected chi connectivity index (χ3v) is 3.16. The number of likely N-dealkylation sites (N-methyl/N-ethyl adjacent to an activating group) is 1. The van der Waals surface area contributed by atoms with Crippen LogP contribution >= 0.6 is 0 Å². The Morgan fingerprint density at radius 2 is 1.78 bits per heavy atom. The summed E-state index contributed by atoms with van der Waals surface area (Å²) in [5.74, 6) is 0.633. The number of hydrogen-bond acceptors (Lipinski definition) is 5. The molecule has 0 saturated heterocycles. The van der Waals surface area contributed by atoms with E-state index < -0.39 is 11.7 Å². The SMILES string of the molecule is CC(C)C(C)N(C)CCOCCNC(=O)OC(C)(C)C.O=CO. The summed E-state index contributed by atoms with van der Waals surface area (Å²) in [5, 5.41) is 9.56. The van der Waals surface area contributed by atoms with Crippen LogP contribution in [0.3, 0.4) is 0 Å². The molecule has 0 spiro atoms. The quantitative estimate of drug-likeness (QED) is 0.523. The molecule has 23 heavy (non-hydrogen) atoms. The van der Waals surface area contributed by atoms with Gasteiger partial charge in [-0.2, -0.15) is 0 Å². The lowest BCUT2D eigenvalue weighted by Crippen LogP contribution is -2.36. The second kappa shape index (κ2) is 13.1. The van der Waals surface area contributed by atoms with E-state index in [9.17, 15) is 4.79 Å². The van der Waals surface area contributed by atoms with Crippen molar-refractivity contribution in [3.8, 4) is 0 Å². The summed E-state index contributed by atoms with van der Waals surface area (Å²) in [5.41, 5.74) is -0.458. The van der Waals surface area contributed by atoms with Crippen LogP contribution in [0.1, 0.15) is 41.5 Å². The molecule has 0 heterocycles. The predicted molar refractivity (Wildman–Crippen MR) is 90.7 cm³/mol. The number of alkyl carbamates (subject to hydrolysis) is 1. The Morgan fingerprint density at radius 1 is 1.26 bits per heavy atom. The van der Waals surface area contributed by atoms with Gasteiger partial charge in [-0.05, 0) is 40.7 Å². The van der Waals surface area contributed by atoms with Crippen LogP contribution in [0.15, 0.2) is 0 Å². The Kier molecular flexibility index (Phi) is 13.7. The monoisotopic (exact) mass is 334 g/mol. The number of nitrogens with zero attached hydrogens (tertiary/aromatic N) is 1. The molecule has 7 heteroatoms. The zero-order valence-corrected chi connectivity index (χ0v) is 15.6. The molecule has 0 aliphatic rings. The maximum atomic E-state index is 11.4. The van der Waals surface area contributed by atoms with Crippen molar-refractivity contribution < 1.29 is 24.2 Å². The van der Waals surface area contributed by atoms with Crippen molar-refractivity contribution >= 4 is 12.6 Å². The van der Waals surface area contributed by atoms with Gasteiger partial charge in [0, 0.05) is 19.1 Å². The van der Waals surface area contributed by atoms with Crippen molar-refractivity contribution in [3.05, 3.63) is 0 Å². The molecule has 0 aliphatic carbocycles. The van der Waals surface area contributed by atoms with Gasteiger partial charge in [-0.25, -0.2) is 4.79 Å². The van der Waals surface area contributed by atoms with Crippen LogP contribution in [0.4, 0.5) is 4.79 Å². The number of rotatable bonds is 8. The molecular formula is C16H34N2O5. The number of carbonyl (C=O) groups excluding carboxylic acids is 1. The van der Waals surface area contributed by atoms with E-state index >= 15 is 0 Å². The normalized spacial score (nSPS) is 12.4. The number of carboxylic acid groups (broad SMARTS) is 1. The third-order valence-electron chi connectivity index (χ3n) is 3.16. The molecule has 0 saturated carbocycles. The summed E-state index contributed by atoms with van der Waals surface area (Å²) in [7, 11) is 2.10. The molecule has 0 aromatic rings. The van der Waals surface area contributed by atoms with Gasteiger partial charge in [0.05, 0.1) is 13.2 Å². The van der Waals surface area contributed by atoms with E-state index in [4.69, 9.17) is 19.4 Å². The fraction of sp³-hybridized carbons (Fsp3) is 0.875. The minimum atomic E-state index is -0.458. The summed E-state index contributed by atoms with van der Waals surface area (Å²) in [6, 6.07) is 0.540. The van der Waals surface area contributed by atoms with Crippen molar-refractivity contribution in [2.75, 3.05) is 33.4 Å². The number of carbonyl (C=O) groups is 2. The van der Waals surface area contributed by atoms with Crippen LogP contribution in [0.2, 0.25) is 0 Å². The summed E-state index contributed by atoms with van der Waals surface area (Å²) >= 11 is 0. The molecule has 1 atom stereocenters. The molecule has 0 radical (unpaired) electrons. The Labute approximate surface area is 140 Å². The lowest BCUT2D eigenvalue weighted by atomic mass is 10.1. The molecule has 0 rings (SSSR count). The van der Waals surface area contributed by atoms with Crippen LogP contribution in [0.5, 0.6) is 0 Å². The minimum Gasteiger partial charge on any atom is -0.483 e. The first-order chi connectivity index (χ1) is 10.5. The highest BCUT2D eigenvalue weighted by Gasteiger charge is 2.15. The predicted octanol–water partition coefficient (Wildman–Crippen LogP) is 2.20. The molecule has 138 valence electrons. The molecule has 0 aromatic heterocycles. The summed E-state index contributed by atoms with van der Waals surface area (Å²) in [6.45, 7) is 14.5. The van der Waals surface area contributed by atoms with Gasteiger partial charge in [0.1, 0.15) is 5.60 Å². The lowest BCUT2D eigenvalue weighted by Gasteiger charge is -2.27. The Morgan fingerprint density at radius 3 is 2.22 bits per heavy atom.